The van der Waals surface area contributed by atoms with Gasteiger partial charge in [0.1, 0.15) is 6.04 Å². The Morgan fingerprint density at radius 3 is 3.00 bits per heavy atom. The molecule has 20 heavy (non-hydrogen) atoms. The molecule has 2 aliphatic carbocycles. The molecule has 1 amide bonds. The van der Waals surface area contributed by atoms with Crippen molar-refractivity contribution in [3.63, 3.8) is 0 Å². The zero-order chi connectivity index (χ0) is 13.7. The smallest absolute Gasteiger partial charge is 0.245 e. The highest BCUT2D eigenvalue weighted by Crippen LogP contribution is 2.46. The molecule has 0 radical (unpaired) electrons. The number of nitrogens with zero attached hydrogens (tertiary/aromatic N) is 2. The zero-order valence-electron chi connectivity index (χ0n) is 11.6. The van der Waals surface area contributed by atoms with E-state index in [2.05, 4.69) is 27.4 Å². The molecule has 0 aromatic carbocycles. The maximum absolute atomic E-state index is 13.0. The lowest BCUT2D eigenvalue weighted by Gasteiger charge is -2.39. The summed E-state index contributed by atoms with van der Waals surface area (Å²) < 4.78 is 0. The van der Waals surface area contributed by atoms with Gasteiger partial charge in [-0.05, 0) is 26.3 Å². The van der Waals surface area contributed by atoms with Gasteiger partial charge in [-0.3, -0.25) is 4.79 Å². The average Bonchev–Trinajstić information content (AvgIpc) is 3.00. The number of aromatic nitrogens is 1. The lowest BCUT2D eigenvalue weighted by molar-refractivity contribution is -0.137. The lowest BCUT2D eigenvalue weighted by Crippen LogP contribution is -2.50. The van der Waals surface area contributed by atoms with Crippen molar-refractivity contribution in [2.45, 2.75) is 49.7 Å². The number of hydrogen-bond acceptors (Lipinski definition) is 4. The number of likely N-dealkylation sites (N-methyl/N-ethyl adjacent to an activating group) is 1. The van der Waals surface area contributed by atoms with Gasteiger partial charge in [-0.2, -0.15) is 0 Å². The van der Waals surface area contributed by atoms with Gasteiger partial charge in [0.05, 0.1) is 22.1 Å². The number of fused-ring (bicyclic) bond motifs is 3. The first kappa shape index (κ1) is 12.5. The quantitative estimate of drug-likeness (QED) is 0.849. The number of hydrogen-bond donors (Lipinski definition) is 1. The molecule has 1 aliphatic heterocycles. The highest BCUT2D eigenvalue weighted by Gasteiger charge is 2.46. The van der Waals surface area contributed by atoms with Crippen molar-refractivity contribution in [1.82, 2.24) is 15.2 Å². The Balaban J connectivity index is 1.82. The van der Waals surface area contributed by atoms with Crippen LogP contribution in [0.4, 0.5) is 0 Å². The molecular formula is C15H19N3OS. The fraction of sp³-hybridized carbons (Fsp3) is 0.600. The first-order valence-corrected chi connectivity index (χ1v) is 8.28. The van der Waals surface area contributed by atoms with E-state index in [4.69, 9.17) is 0 Å². The van der Waals surface area contributed by atoms with Crippen LogP contribution in [0.25, 0.3) is 0 Å². The predicted octanol–water partition coefficient (Wildman–Crippen LogP) is 2.21. The first-order valence-electron chi connectivity index (χ1n) is 7.40. The van der Waals surface area contributed by atoms with E-state index in [0.29, 0.717) is 18.0 Å². The molecule has 0 saturated heterocycles. The van der Waals surface area contributed by atoms with Crippen molar-refractivity contribution in [1.29, 1.82) is 0 Å². The number of thiazole rings is 1. The van der Waals surface area contributed by atoms with Crippen LogP contribution in [-0.4, -0.2) is 34.9 Å². The van der Waals surface area contributed by atoms with Gasteiger partial charge in [0.15, 0.2) is 0 Å². The Morgan fingerprint density at radius 2 is 2.30 bits per heavy atom. The van der Waals surface area contributed by atoms with Crippen LogP contribution in [0.5, 0.6) is 0 Å². The summed E-state index contributed by atoms with van der Waals surface area (Å²) in [6.45, 7) is 0. The molecule has 1 saturated carbocycles. The summed E-state index contributed by atoms with van der Waals surface area (Å²) in [4.78, 5) is 20.9. The lowest BCUT2D eigenvalue weighted by atomic mass is 9.94. The Morgan fingerprint density at radius 1 is 1.45 bits per heavy atom. The molecular weight excluding hydrogens is 270 g/mol. The first-order chi connectivity index (χ1) is 9.81. The van der Waals surface area contributed by atoms with Crippen molar-refractivity contribution in [3.05, 3.63) is 28.2 Å². The maximum atomic E-state index is 13.0. The maximum Gasteiger partial charge on any atom is 0.245 e. The number of amides is 1. The second-order valence-corrected chi connectivity index (χ2v) is 6.79. The van der Waals surface area contributed by atoms with Gasteiger partial charge in [-0.1, -0.05) is 18.6 Å². The molecule has 5 heteroatoms. The minimum Gasteiger partial charge on any atom is -0.331 e. The third-order valence-electron chi connectivity index (χ3n) is 4.96. The highest BCUT2D eigenvalue weighted by atomic mass is 32.1. The Bertz CT molecular complexity index is 567. The monoisotopic (exact) mass is 289 g/mol. The molecule has 0 spiro atoms. The van der Waals surface area contributed by atoms with Crippen LogP contribution in [-0.2, 0) is 4.79 Å². The summed E-state index contributed by atoms with van der Waals surface area (Å²) in [5.41, 5.74) is 3.08. The summed E-state index contributed by atoms with van der Waals surface area (Å²) in [7, 11) is 1.88. The molecule has 1 aromatic rings. The van der Waals surface area contributed by atoms with Crippen LogP contribution >= 0.6 is 11.3 Å². The average molecular weight is 289 g/mol. The topological polar surface area (TPSA) is 45.2 Å². The summed E-state index contributed by atoms with van der Waals surface area (Å²) in [5, 5.41) is 3.21. The molecule has 4 rings (SSSR count). The number of carbonyl (C=O) groups is 1. The fourth-order valence-electron chi connectivity index (χ4n) is 3.90. The van der Waals surface area contributed by atoms with Gasteiger partial charge in [0, 0.05) is 12.0 Å². The van der Waals surface area contributed by atoms with Crippen LogP contribution in [0, 0.1) is 0 Å². The van der Waals surface area contributed by atoms with Crippen molar-refractivity contribution in [2.75, 3.05) is 7.05 Å². The summed E-state index contributed by atoms with van der Waals surface area (Å²) >= 11 is 1.62. The number of carbonyl (C=O) groups excluding carboxylic acids is 1. The predicted molar refractivity (Wildman–Crippen MR) is 78.7 cm³/mol. The molecule has 106 valence electrons. The Hall–Kier alpha value is -1.20. The third-order valence-corrected chi connectivity index (χ3v) is 5.87. The summed E-state index contributed by atoms with van der Waals surface area (Å²) in [5.74, 6) is 0.675. The summed E-state index contributed by atoms with van der Waals surface area (Å²) in [6.07, 6.45) is 8.83. The minimum atomic E-state index is -0.211. The molecule has 1 aromatic heterocycles. The van der Waals surface area contributed by atoms with Crippen molar-refractivity contribution in [2.24, 2.45) is 0 Å². The fourth-order valence-corrected chi connectivity index (χ4v) is 4.86. The minimum absolute atomic E-state index is 0.211. The second kappa shape index (κ2) is 4.67. The third kappa shape index (κ3) is 1.63. The molecule has 2 heterocycles. The van der Waals surface area contributed by atoms with E-state index in [-0.39, 0.29) is 11.9 Å². The molecule has 3 aliphatic rings. The normalized spacial score (nSPS) is 35.5. The largest absolute Gasteiger partial charge is 0.331 e. The van der Waals surface area contributed by atoms with Crippen LogP contribution in [0.2, 0.25) is 0 Å². The van der Waals surface area contributed by atoms with Gasteiger partial charge in [-0.15, -0.1) is 11.3 Å². The van der Waals surface area contributed by atoms with Crippen LogP contribution < -0.4 is 5.32 Å². The van der Waals surface area contributed by atoms with Crippen molar-refractivity contribution in [3.8, 4) is 0 Å². The van der Waals surface area contributed by atoms with E-state index in [0.717, 1.165) is 24.1 Å². The van der Waals surface area contributed by atoms with E-state index < -0.39 is 0 Å². The van der Waals surface area contributed by atoms with Crippen LogP contribution in [0.3, 0.4) is 0 Å². The molecule has 1 N–H and O–H groups in total. The summed E-state index contributed by atoms with van der Waals surface area (Å²) in [6, 6.07) is 0.437. The van der Waals surface area contributed by atoms with E-state index in [1.54, 1.807) is 11.3 Å². The zero-order valence-corrected chi connectivity index (χ0v) is 12.4. The Labute approximate surface area is 122 Å². The van der Waals surface area contributed by atoms with Crippen LogP contribution in [0.15, 0.2) is 17.7 Å². The van der Waals surface area contributed by atoms with Gasteiger partial charge < -0.3 is 10.2 Å². The van der Waals surface area contributed by atoms with E-state index in [1.165, 1.54) is 12.1 Å². The standard InChI is InChI=1S/C15H19N3OS/c1-16-13-14-12(17-8-20-14)10-6-3-7-11(10)18(15(13)19)9-4-2-5-9/h2,4,8-11,13,16H,3,5-7H2,1H3. The van der Waals surface area contributed by atoms with Crippen molar-refractivity contribution >= 4 is 17.2 Å². The molecule has 4 unspecified atom stereocenters. The molecule has 4 atom stereocenters. The highest BCUT2D eigenvalue weighted by molar-refractivity contribution is 7.10. The van der Waals surface area contributed by atoms with Gasteiger partial charge in [-0.25, -0.2) is 4.98 Å². The van der Waals surface area contributed by atoms with E-state index in [1.807, 2.05) is 12.6 Å². The van der Waals surface area contributed by atoms with Crippen molar-refractivity contribution < 1.29 is 4.79 Å². The molecule has 0 bridgehead atoms. The molecule has 1 fully saturated rings. The van der Waals surface area contributed by atoms with Crippen LogP contribution in [0.1, 0.15) is 48.2 Å². The number of rotatable bonds is 2. The SMILES string of the molecule is CNC1C(=O)N(C2C=CC2)C2CCCC2c2ncsc21. The Kier molecular flexibility index (Phi) is 2.93. The van der Waals surface area contributed by atoms with Gasteiger partial charge >= 0.3 is 0 Å². The second-order valence-electron chi connectivity index (χ2n) is 5.90. The van der Waals surface area contributed by atoms with Gasteiger partial charge in [0.2, 0.25) is 5.91 Å². The molecule has 4 nitrogen and oxygen atoms in total. The van der Waals surface area contributed by atoms with E-state index in [9.17, 15) is 4.79 Å². The van der Waals surface area contributed by atoms with Gasteiger partial charge in [0.25, 0.3) is 0 Å². The number of nitrogens with one attached hydrogen (secondary N) is 1. The van der Waals surface area contributed by atoms with E-state index >= 15 is 0 Å².